The van der Waals surface area contributed by atoms with Crippen molar-refractivity contribution in [3.63, 3.8) is 0 Å². The highest BCUT2D eigenvalue weighted by atomic mass is 16.3. The van der Waals surface area contributed by atoms with Gasteiger partial charge in [0.25, 0.3) is 0 Å². The molecular weight excluding hydrogens is 240 g/mol. The van der Waals surface area contributed by atoms with Crippen molar-refractivity contribution in [2.75, 3.05) is 0 Å². The van der Waals surface area contributed by atoms with E-state index in [1.54, 1.807) is 37.0 Å². The summed E-state index contributed by atoms with van der Waals surface area (Å²) in [6.45, 7) is 3.43. The third kappa shape index (κ3) is 2.08. The number of nitrogens with zero attached hydrogens (tertiary/aromatic N) is 4. The van der Waals surface area contributed by atoms with Crippen LogP contribution in [0.2, 0.25) is 0 Å². The average Bonchev–Trinajstić information content (AvgIpc) is 2.82. The maximum absolute atomic E-state index is 9.89. The van der Waals surface area contributed by atoms with Crippen molar-refractivity contribution < 1.29 is 5.11 Å². The Labute approximate surface area is 110 Å². The molecule has 3 aromatic heterocycles. The summed E-state index contributed by atoms with van der Waals surface area (Å²) >= 11 is 0. The summed E-state index contributed by atoms with van der Waals surface area (Å²) in [5, 5.41) is 14.1. The quantitative estimate of drug-likeness (QED) is 0.760. The molecule has 1 N–H and O–H groups in total. The van der Waals surface area contributed by atoms with Gasteiger partial charge in [-0.2, -0.15) is 5.10 Å². The predicted octanol–water partition coefficient (Wildman–Crippen LogP) is 2.02. The first kappa shape index (κ1) is 11.8. The van der Waals surface area contributed by atoms with E-state index in [-0.39, 0.29) is 0 Å². The molecule has 3 heterocycles. The van der Waals surface area contributed by atoms with Crippen LogP contribution < -0.4 is 0 Å². The summed E-state index contributed by atoms with van der Waals surface area (Å²) in [6, 6.07) is 5.58. The Hall–Kier alpha value is -2.27. The van der Waals surface area contributed by atoms with Crippen LogP contribution in [0, 0.1) is 0 Å². The molecule has 0 saturated carbocycles. The highest BCUT2D eigenvalue weighted by molar-refractivity contribution is 5.76. The van der Waals surface area contributed by atoms with Crippen molar-refractivity contribution in [1.82, 2.24) is 19.6 Å². The Morgan fingerprint density at radius 3 is 2.68 bits per heavy atom. The van der Waals surface area contributed by atoms with Crippen molar-refractivity contribution >= 4 is 5.65 Å². The highest BCUT2D eigenvalue weighted by Gasteiger charge is 2.17. The second-order valence-corrected chi connectivity index (χ2v) is 4.94. The van der Waals surface area contributed by atoms with Gasteiger partial charge < -0.3 is 5.11 Å². The van der Waals surface area contributed by atoms with Crippen molar-refractivity contribution in [3.8, 4) is 11.1 Å². The number of rotatable bonds is 2. The standard InChI is InChI=1S/C14H14N4O/c1-14(2,19)12-5-4-10(8-16-12)11-9-17-18-7-3-6-15-13(11)18/h3-9,19H,1-2H3. The van der Waals surface area contributed by atoms with Gasteiger partial charge in [-0.3, -0.25) is 4.98 Å². The van der Waals surface area contributed by atoms with Gasteiger partial charge in [-0.1, -0.05) is 6.07 Å². The zero-order chi connectivity index (χ0) is 13.5. The molecule has 3 aromatic rings. The normalized spacial score (nSPS) is 11.9. The zero-order valence-electron chi connectivity index (χ0n) is 10.8. The number of aromatic nitrogens is 4. The highest BCUT2D eigenvalue weighted by Crippen LogP contribution is 2.24. The second-order valence-electron chi connectivity index (χ2n) is 4.94. The molecule has 0 unspecified atom stereocenters. The minimum atomic E-state index is -0.933. The summed E-state index contributed by atoms with van der Waals surface area (Å²) in [5.74, 6) is 0. The molecule has 0 amide bonds. The van der Waals surface area contributed by atoms with Crippen LogP contribution in [0.25, 0.3) is 16.8 Å². The number of pyridine rings is 1. The molecule has 0 radical (unpaired) electrons. The Balaban J connectivity index is 2.07. The molecule has 0 aliphatic carbocycles. The SMILES string of the molecule is CC(C)(O)c1ccc(-c2cnn3cccnc23)cn1. The van der Waals surface area contributed by atoms with Crippen LogP contribution in [0.4, 0.5) is 0 Å². The number of aliphatic hydroxyl groups is 1. The summed E-state index contributed by atoms with van der Waals surface area (Å²) < 4.78 is 1.72. The maximum Gasteiger partial charge on any atom is 0.162 e. The van der Waals surface area contributed by atoms with E-state index in [2.05, 4.69) is 15.1 Å². The third-order valence-electron chi connectivity index (χ3n) is 2.98. The van der Waals surface area contributed by atoms with Crippen molar-refractivity contribution in [1.29, 1.82) is 0 Å². The van der Waals surface area contributed by atoms with Crippen molar-refractivity contribution in [2.24, 2.45) is 0 Å². The molecule has 0 spiro atoms. The van der Waals surface area contributed by atoms with E-state index in [9.17, 15) is 5.11 Å². The lowest BCUT2D eigenvalue weighted by atomic mass is 10.0. The van der Waals surface area contributed by atoms with Gasteiger partial charge in [0.1, 0.15) is 5.60 Å². The third-order valence-corrected chi connectivity index (χ3v) is 2.98. The zero-order valence-corrected chi connectivity index (χ0v) is 10.8. The van der Waals surface area contributed by atoms with E-state index in [4.69, 9.17) is 0 Å². The van der Waals surface area contributed by atoms with Gasteiger partial charge in [0, 0.05) is 29.7 Å². The number of hydrogen-bond acceptors (Lipinski definition) is 4. The van der Waals surface area contributed by atoms with Crippen molar-refractivity contribution in [3.05, 3.63) is 48.7 Å². The average molecular weight is 254 g/mol. The molecule has 96 valence electrons. The molecular formula is C14H14N4O. The number of hydrogen-bond donors (Lipinski definition) is 1. The van der Waals surface area contributed by atoms with Gasteiger partial charge in [0.05, 0.1) is 11.9 Å². The molecule has 0 saturated heterocycles. The molecule has 5 nitrogen and oxygen atoms in total. The molecule has 0 aliphatic heterocycles. The van der Waals surface area contributed by atoms with Gasteiger partial charge >= 0.3 is 0 Å². The Morgan fingerprint density at radius 1 is 1.16 bits per heavy atom. The first-order chi connectivity index (χ1) is 9.05. The lowest BCUT2D eigenvalue weighted by molar-refractivity contribution is 0.0739. The molecule has 0 aliphatic rings. The fraction of sp³-hybridized carbons (Fsp3) is 0.214. The Bertz CT molecular complexity index is 710. The second kappa shape index (κ2) is 4.13. The topological polar surface area (TPSA) is 63.3 Å². The minimum Gasteiger partial charge on any atom is -0.384 e. The summed E-state index contributed by atoms with van der Waals surface area (Å²) in [7, 11) is 0. The summed E-state index contributed by atoms with van der Waals surface area (Å²) in [6.07, 6.45) is 7.09. The largest absolute Gasteiger partial charge is 0.384 e. The van der Waals surface area contributed by atoms with Crippen LogP contribution in [-0.4, -0.2) is 24.7 Å². The van der Waals surface area contributed by atoms with Gasteiger partial charge in [-0.05, 0) is 26.0 Å². The van der Waals surface area contributed by atoms with Crippen LogP contribution >= 0.6 is 0 Å². The minimum absolute atomic E-state index is 0.640. The van der Waals surface area contributed by atoms with E-state index in [1.807, 2.05) is 24.4 Å². The molecule has 0 bridgehead atoms. The predicted molar refractivity (Wildman–Crippen MR) is 71.5 cm³/mol. The fourth-order valence-electron chi connectivity index (χ4n) is 1.95. The summed E-state index contributed by atoms with van der Waals surface area (Å²) in [4.78, 5) is 8.61. The monoisotopic (exact) mass is 254 g/mol. The first-order valence-corrected chi connectivity index (χ1v) is 6.03. The van der Waals surface area contributed by atoms with Gasteiger partial charge in [0.15, 0.2) is 5.65 Å². The van der Waals surface area contributed by atoms with E-state index in [1.165, 1.54) is 0 Å². The van der Waals surface area contributed by atoms with Gasteiger partial charge in [0.2, 0.25) is 0 Å². The lowest BCUT2D eigenvalue weighted by Gasteiger charge is -2.16. The Morgan fingerprint density at radius 2 is 2.00 bits per heavy atom. The van der Waals surface area contributed by atoms with E-state index in [0.717, 1.165) is 16.8 Å². The molecule has 5 heteroatoms. The molecule has 0 aromatic carbocycles. The van der Waals surface area contributed by atoms with Gasteiger partial charge in [-0.25, -0.2) is 9.50 Å². The maximum atomic E-state index is 9.89. The van der Waals surface area contributed by atoms with E-state index < -0.39 is 5.60 Å². The van der Waals surface area contributed by atoms with Crippen LogP contribution in [-0.2, 0) is 5.60 Å². The van der Waals surface area contributed by atoms with E-state index >= 15 is 0 Å². The van der Waals surface area contributed by atoms with Crippen molar-refractivity contribution in [2.45, 2.75) is 19.4 Å². The molecule has 19 heavy (non-hydrogen) atoms. The molecule has 0 fully saturated rings. The molecule has 3 rings (SSSR count). The van der Waals surface area contributed by atoms with E-state index in [0.29, 0.717) is 5.69 Å². The smallest absolute Gasteiger partial charge is 0.162 e. The Kier molecular flexibility index (Phi) is 2.57. The lowest BCUT2D eigenvalue weighted by Crippen LogP contribution is -2.17. The van der Waals surface area contributed by atoms with Crippen LogP contribution in [0.5, 0.6) is 0 Å². The number of fused-ring (bicyclic) bond motifs is 1. The van der Waals surface area contributed by atoms with Crippen LogP contribution in [0.3, 0.4) is 0 Å². The summed E-state index contributed by atoms with van der Waals surface area (Å²) in [5.41, 5.74) is 2.36. The van der Waals surface area contributed by atoms with Crippen LogP contribution in [0.15, 0.2) is 43.0 Å². The van der Waals surface area contributed by atoms with Crippen LogP contribution in [0.1, 0.15) is 19.5 Å². The first-order valence-electron chi connectivity index (χ1n) is 6.03. The molecule has 0 atom stereocenters. The fourth-order valence-corrected chi connectivity index (χ4v) is 1.95. The van der Waals surface area contributed by atoms with Gasteiger partial charge in [-0.15, -0.1) is 0 Å².